The summed E-state index contributed by atoms with van der Waals surface area (Å²) in [6, 6.07) is 11.7. The normalized spacial score (nSPS) is 19.5. The van der Waals surface area contributed by atoms with E-state index in [1.165, 1.54) is 18.4 Å². The Morgan fingerprint density at radius 3 is 2.43 bits per heavy atom. The van der Waals surface area contributed by atoms with E-state index in [1.807, 2.05) is 0 Å². The van der Waals surface area contributed by atoms with Crippen LogP contribution in [0.15, 0.2) is 30.3 Å². The van der Waals surface area contributed by atoms with Crippen LogP contribution in [-0.4, -0.2) is 43.8 Å². The maximum Gasteiger partial charge on any atom is 0.0589 e. The van der Waals surface area contributed by atoms with E-state index in [1.54, 1.807) is 7.11 Å². The number of benzene rings is 1. The monoisotopic (exact) mass is 290 g/mol. The molecular formula is C18H30N2O. The molecule has 1 saturated carbocycles. The van der Waals surface area contributed by atoms with Gasteiger partial charge in [-0.1, -0.05) is 37.3 Å². The highest BCUT2D eigenvalue weighted by Gasteiger charge is 2.36. The second-order valence-corrected chi connectivity index (χ2v) is 6.31. The van der Waals surface area contributed by atoms with Gasteiger partial charge in [0.1, 0.15) is 0 Å². The molecule has 1 aromatic rings. The van der Waals surface area contributed by atoms with E-state index in [9.17, 15) is 0 Å². The van der Waals surface area contributed by atoms with Crippen molar-refractivity contribution in [1.29, 1.82) is 0 Å². The molecule has 3 nitrogen and oxygen atoms in total. The fraction of sp³-hybridized carbons (Fsp3) is 0.667. The second kappa shape index (κ2) is 7.92. The van der Waals surface area contributed by atoms with Gasteiger partial charge in [0, 0.05) is 32.3 Å². The first-order valence-electron chi connectivity index (χ1n) is 8.18. The van der Waals surface area contributed by atoms with Crippen LogP contribution in [0.3, 0.4) is 0 Å². The Kier molecular flexibility index (Phi) is 6.22. The van der Waals surface area contributed by atoms with Crippen LogP contribution < -0.4 is 5.73 Å². The van der Waals surface area contributed by atoms with Gasteiger partial charge in [-0.05, 0) is 37.2 Å². The molecule has 21 heavy (non-hydrogen) atoms. The molecule has 1 fully saturated rings. The zero-order valence-electron chi connectivity index (χ0n) is 13.7. The van der Waals surface area contributed by atoms with Crippen molar-refractivity contribution in [3.63, 3.8) is 0 Å². The number of ether oxygens (including phenoxy) is 1. The van der Waals surface area contributed by atoms with Crippen LogP contribution >= 0.6 is 0 Å². The van der Waals surface area contributed by atoms with Crippen molar-refractivity contribution >= 4 is 0 Å². The summed E-state index contributed by atoms with van der Waals surface area (Å²) in [6.45, 7) is 7.08. The van der Waals surface area contributed by atoms with Crippen LogP contribution in [0.1, 0.15) is 38.2 Å². The summed E-state index contributed by atoms with van der Waals surface area (Å²) in [4.78, 5) is 2.58. The Bertz CT molecular complexity index is 405. The van der Waals surface area contributed by atoms with Gasteiger partial charge in [0.25, 0.3) is 0 Å². The molecule has 0 heterocycles. The van der Waals surface area contributed by atoms with Gasteiger partial charge in [0.05, 0.1) is 6.61 Å². The molecule has 3 atom stereocenters. The van der Waals surface area contributed by atoms with E-state index in [4.69, 9.17) is 10.5 Å². The molecule has 0 saturated heterocycles. The highest BCUT2D eigenvalue weighted by atomic mass is 16.5. The third kappa shape index (κ3) is 4.29. The van der Waals surface area contributed by atoms with Crippen LogP contribution in [0, 0.1) is 5.92 Å². The number of nitrogens with two attached hydrogens (primary N) is 1. The number of rotatable bonds is 9. The maximum atomic E-state index is 6.16. The third-order valence-corrected chi connectivity index (χ3v) is 4.95. The third-order valence-electron chi connectivity index (χ3n) is 4.95. The molecule has 3 unspecified atom stereocenters. The van der Waals surface area contributed by atoms with Gasteiger partial charge < -0.3 is 10.5 Å². The topological polar surface area (TPSA) is 38.5 Å². The van der Waals surface area contributed by atoms with Crippen molar-refractivity contribution in [3.05, 3.63) is 35.9 Å². The minimum absolute atomic E-state index is 0.373. The summed E-state index contributed by atoms with van der Waals surface area (Å²) < 4.78 is 5.32. The molecule has 118 valence electrons. The summed E-state index contributed by atoms with van der Waals surface area (Å²) in [7, 11) is 1.78. The SMILES string of the molecule is COCCN(C(C)C1CC1)C(CN)C(C)c1ccccc1. The summed E-state index contributed by atoms with van der Waals surface area (Å²) in [5, 5.41) is 0. The minimum Gasteiger partial charge on any atom is -0.383 e. The smallest absolute Gasteiger partial charge is 0.0589 e. The quantitative estimate of drug-likeness (QED) is 0.760. The summed E-state index contributed by atoms with van der Waals surface area (Å²) in [5.41, 5.74) is 7.53. The Hall–Kier alpha value is -0.900. The molecule has 2 N–H and O–H groups in total. The number of nitrogens with zero attached hydrogens (tertiary/aromatic N) is 1. The van der Waals surface area contributed by atoms with Crippen LogP contribution in [-0.2, 0) is 4.74 Å². The van der Waals surface area contributed by atoms with E-state index in [2.05, 4.69) is 49.1 Å². The zero-order chi connectivity index (χ0) is 15.2. The molecular weight excluding hydrogens is 260 g/mol. The minimum atomic E-state index is 0.373. The number of hydrogen-bond acceptors (Lipinski definition) is 3. The molecule has 0 radical (unpaired) electrons. The molecule has 0 spiro atoms. The molecule has 0 amide bonds. The van der Waals surface area contributed by atoms with Crippen molar-refractivity contribution in [2.45, 2.75) is 44.7 Å². The highest BCUT2D eigenvalue weighted by molar-refractivity contribution is 5.21. The van der Waals surface area contributed by atoms with Crippen LogP contribution in [0.5, 0.6) is 0 Å². The Balaban J connectivity index is 2.13. The lowest BCUT2D eigenvalue weighted by Crippen LogP contribution is -2.50. The van der Waals surface area contributed by atoms with Gasteiger partial charge >= 0.3 is 0 Å². The fourth-order valence-corrected chi connectivity index (χ4v) is 3.32. The van der Waals surface area contributed by atoms with Crippen molar-refractivity contribution in [1.82, 2.24) is 4.90 Å². The lowest BCUT2D eigenvalue weighted by molar-refractivity contribution is 0.0746. The first-order valence-corrected chi connectivity index (χ1v) is 8.18. The molecule has 0 aliphatic heterocycles. The Labute approximate surface area is 129 Å². The van der Waals surface area contributed by atoms with Gasteiger partial charge in [0.15, 0.2) is 0 Å². The van der Waals surface area contributed by atoms with Gasteiger partial charge in [-0.2, -0.15) is 0 Å². The number of hydrogen-bond donors (Lipinski definition) is 1. The van der Waals surface area contributed by atoms with Crippen LogP contribution in [0.4, 0.5) is 0 Å². The second-order valence-electron chi connectivity index (χ2n) is 6.31. The lowest BCUT2D eigenvalue weighted by Gasteiger charge is -2.39. The average Bonchev–Trinajstić information content (AvgIpc) is 3.36. The van der Waals surface area contributed by atoms with Gasteiger partial charge in [-0.3, -0.25) is 4.90 Å². The lowest BCUT2D eigenvalue weighted by atomic mass is 9.91. The van der Waals surface area contributed by atoms with E-state index in [0.29, 0.717) is 24.5 Å². The first kappa shape index (κ1) is 16.5. The molecule has 2 rings (SSSR count). The molecule has 1 aliphatic carbocycles. The van der Waals surface area contributed by atoms with E-state index in [-0.39, 0.29) is 0 Å². The van der Waals surface area contributed by atoms with Gasteiger partial charge in [-0.25, -0.2) is 0 Å². The first-order chi connectivity index (χ1) is 10.2. The molecule has 0 aromatic heterocycles. The Morgan fingerprint density at radius 1 is 1.24 bits per heavy atom. The average molecular weight is 290 g/mol. The van der Waals surface area contributed by atoms with E-state index in [0.717, 1.165) is 19.1 Å². The van der Waals surface area contributed by atoms with Crippen LogP contribution in [0.25, 0.3) is 0 Å². The molecule has 0 bridgehead atoms. The van der Waals surface area contributed by atoms with Crippen LogP contribution in [0.2, 0.25) is 0 Å². The van der Waals surface area contributed by atoms with E-state index < -0.39 is 0 Å². The molecule has 1 aliphatic rings. The maximum absolute atomic E-state index is 6.16. The van der Waals surface area contributed by atoms with Crippen molar-refractivity contribution < 1.29 is 4.74 Å². The molecule has 1 aromatic carbocycles. The standard InChI is InChI=1S/C18H30N2O/c1-14(16-7-5-4-6-8-16)18(13-19)20(11-12-21-3)15(2)17-9-10-17/h4-8,14-15,17-18H,9-13,19H2,1-3H3. The van der Waals surface area contributed by atoms with Crippen molar-refractivity contribution in [2.75, 3.05) is 26.8 Å². The summed E-state index contributed by atoms with van der Waals surface area (Å²) in [6.07, 6.45) is 2.73. The van der Waals surface area contributed by atoms with Gasteiger partial charge in [-0.15, -0.1) is 0 Å². The predicted molar refractivity (Wildman–Crippen MR) is 88.5 cm³/mol. The summed E-state index contributed by atoms with van der Waals surface area (Å²) >= 11 is 0. The zero-order valence-corrected chi connectivity index (χ0v) is 13.7. The Morgan fingerprint density at radius 2 is 1.90 bits per heavy atom. The number of methoxy groups -OCH3 is 1. The molecule has 3 heteroatoms. The predicted octanol–water partition coefficient (Wildman–Crippen LogP) is 2.86. The van der Waals surface area contributed by atoms with Crippen molar-refractivity contribution in [2.24, 2.45) is 11.7 Å². The van der Waals surface area contributed by atoms with E-state index >= 15 is 0 Å². The fourth-order valence-electron chi connectivity index (χ4n) is 3.32. The largest absolute Gasteiger partial charge is 0.383 e. The van der Waals surface area contributed by atoms with Gasteiger partial charge in [0.2, 0.25) is 0 Å². The highest BCUT2D eigenvalue weighted by Crippen LogP contribution is 2.37. The summed E-state index contributed by atoms with van der Waals surface area (Å²) in [5.74, 6) is 1.29. The van der Waals surface area contributed by atoms with Crippen molar-refractivity contribution in [3.8, 4) is 0 Å².